The van der Waals surface area contributed by atoms with Gasteiger partial charge in [0.15, 0.2) is 0 Å². The SMILES string of the molecule is CC(C)(C)c1nc(-c2cccc(Cl)c2)c(CNC(=O)Nc2ccc(OCCO)nc2)s1. The number of halogens is 1. The van der Waals surface area contributed by atoms with Crippen LogP contribution < -0.4 is 15.4 Å². The highest BCUT2D eigenvalue weighted by molar-refractivity contribution is 7.12. The van der Waals surface area contributed by atoms with E-state index in [1.165, 1.54) is 6.20 Å². The predicted molar refractivity (Wildman–Crippen MR) is 124 cm³/mol. The van der Waals surface area contributed by atoms with Gasteiger partial charge in [-0.1, -0.05) is 44.5 Å². The number of aliphatic hydroxyl groups is 1. The van der Waals surface area contributed by atoms with Gasteiger partial charge >= 0.3 is 6.03 Å². The van der Waals surface area contributed by atoms with Crippen molar-refractivity contribution in [3.8, 4) is 17.1 Å². The highest BCUT2D eigenvalue weighted by Gasteiger charge is 2.22. The molecular weight excluding hydrogens is 436 g/mol. The molecule has 3 rings (SSSR count). The average molecular weight is 461 g/mol. The van der Waals surface area contributed by atoms with E-state index in [-0.39, 0.29) is 24.7 Å². The first-order valence-electron chi connectivity index (χ1n) is 9.77. The summed E-state index contributed by atoms with van der Waals surface area (Å²) < 4.78 is 5.21. The van der Waals surface area contributed by atoms with Gasteiger partial charge in [-0.25, -0.2) is 14.8 Å². The molecule has 2 heterocycles. The molecule has 7 nitrogen and oxygen atoms in total. The number of nitrogens with zero attached hydrogens (tertiary/aromatic N) is 2. The summed E-state index contributed by atoms with van der Waals surface area (Å²) in [7, 11) is 0. The topological polar surface area (TPSA) is 96.4 Å². The lowest BCUT2D eigenvalue weighted by Crippen LogP contribution is -2.28. The fourth-order valence-corrected chi connectivity index (χ4v) is 3.95. The number of thiazole rings is 1. The van der Waals surface area contributed by atoms with Gasteiger partial charge in [-0.2, -0.15) is 0 Å². The summed E-state index contributed by atoms with van der Waals surface area (Å²) in [4.78, 5) is 22.3. The maximum Gasteiger partial charge on any atom is 0.319 e. The van der Waals surface area contributed by atoms with Crippen molar-refractivity contribution in [2.75, 3.05) is 18.5 Å². The van der Waals surface area contributed by atoms with E-state index in [1.54, 1.807) is 23.5 Å². The second-order valence-corrected chi connectivity index (χ2v) is 9.34. The molecule has 2 amide bonds. The van der Waals surface area contributed by atoms with Crippen molar-refractivity contribution in [1.29, 1.82) is 0 Å². The van der Waals surface area contributed by atoms with Crippen molar-refractivity contribution < 1.29 is 14.6 Å². The standard InChI is InChI=1S/C22H25ClN4O3S/c1-22(2,3)20-27-19(14-5-4-6-15(23)11-14)17(31-20)13-25-21(29)26-16-7-8-18(24-12-16)30-10-9-28/h4-8,11-12,28H,9-10,13H2,1-3H3,(H2,25,26,29). The zero-order valence-electron chi connectivity index (χ0n) is 17.6. The summed E-state index contributed by atoms with van der Waals surface area (Å²) in [6.07, 6.45) is 1.49. The summed E-state index contributed by atoms with van der Waals surface area (Å²) in [5.74, 6) is 0.380. The van der Waals surface area contributed by atoms with Crippen LogP contribution in [-0.2, 0) is 12.0 Å². The van der Waals surface area contributed by atoms with Crippen LogP contribution in [0.2, 0.25) is 5.02 Å². The third-order valence-electron chi connectivity index (χ3n) is 4.18. The fraction of sp³-hybridized carbons (Fsp3) is 0.318. The molecule has 3 aromatic rings. The van der Waals surface area contributed by atoms with Crippen molar-refractivity contribution in [1.82, 2.24) is 15.3 Å². The number of rotatable bonds is 7. The highest BCUT2D eigenvalue weighted by atomic mass is 35.5. The number of aromatic nitrogens is 2. The van der Waals surface area contributed by atoms with Crippen molar-refractivity contribution in [3.05, 3.63) is 57.5 Å². The number of hydrogen-bond acceptors (Lipinski definition) is 6. The Hall–Kier alpha value is -2.68. The van der Waals surface area contributed by atoms with Crippen LogP contribution in [-0.4, -0.2) is 34.3 Å². The Morgan fingerprint density at radius 3 is 2.71 bits per heavy atom. The minimum atomic E-state index is -0.353. The van der Waals surface area contributed by atoms with Gasteiger partial charge in [-0.3, -0.25) is 0 Å². The van der Waals surface area contributed by atoms with E-state index >= 15 is 0 Å². The number of nitrogens with one attached hydrogen (secondary N) is 2. The molecule has 1 aromatic carbocycles. The van der Waals surface area contributed by atoms with Crippen molar-refractivity contribution >= 4 is 34.7 Å². The molecule has 0 saturated carbocycles. The number of hydrogen-bond donors (Lipinski definition) is 3. The van der Waals surface area contributed by atoms with Gasteiger partial charge in [0.1, 0.15) is 6.61 Å². The third kappa shape index (κ3) is 6.40. The lowest BCUT2D eigenvalue weighted by Gasteiger charge is -2.13. The van der Waals surface area contributed by atoms with Gasteiger partial charge in [0.25, 0.3) is 0 Å². The van der Waals surface area contributed by atoms with Crippen LogP contribution in [0, 0.1) is 0 Å². The number of benzene rings is 1. The number of amides is 2. The quantitative estimate of drug-likeness (QED) is 0.468. The first-order chi connectivity index (χ1) is 14.8. The smallest absolute Gasteiger partial charge is 0.319 e. The van der Waals surface area contributed by atoms with Gasteiger partial charge in [0.2, 0.25) is 5.88 Å². The number of anilines is 1. The summed E-state index contributed by atoms with van der Waals surface area (Å²) in [5.41, 5.74) is 2.16. The van der Waals surface area contributed by atoms with E-state index in [2.05, 4.69) is 36.4 Å². The summed E-state index contributed by atoms with van der Waals surface area (Å²) in [5, 5.41) is 16.0. The van der Waals surface area contributed by atoms with Gasteiger partial charge in [-0.05, 0) is 18.2 Å². The predicted octanol–water partition coefficient (Wildman–Crippen LogP) is 4.85. The second kappa shape index (κ2) is 10.1. The monoisotopic (exact) mass is 460 g/mol. The molecule has 0 fully saturated rings. The third-order valence-corrected chi connectivity index (χ3v) is 5.90. The molecule has 0 unspecified atom stereocenters. The molecule has 0 radical (unpaired) electrons. The molecule has 0 spiro atoms. The first-order valence-corrected chi connectivity index (χ1v) is 11.0. The molecule has 0 bridgehead atoms. The van der Waals surface area contributed by atoms with E-state index in [0.29, 0.717) is 23.1 Å². The number of carbonyl (C=O) groups excluding carboxylic acids is 1. The Morgan fingerprint density at radius 1 is 1.26 bits per heavy atom. The van der Waals surface area contributed by atoms with Crippen LogP contribution >= 0.6 is 22.9 Å². The number of carbonyl (C=O) groups is 1. The number of aliphatic hydroxyl groups excluding tert-OH is 1. The lowest BCUT2D eigenvalue weighted by atomic mass is 9.98. The number of pyridine rings is 1. The summed E-state index contributed by atoms with van der Waals surface area (Å²) in [6.45, 7) is 6.73. The zero-order chi connectivity index (χ0) is 22.4. The molecule has 0 aliphatic heterocycles. The maximum atomic E-state index is 12.4. The minimum Gasteiger partial charge on any atom is -0.475 e. The van der Waals surface area contributed by atoms with Crippen molar-refractivity contribution in [2.45, 2.75) is 32.7 Å². The number of urea groups is 1. The molecule has 0 aliphatic rings. The Kier molecular flexibility index (Phi) is 7.48. The Balaban J connectivity index is 1.70. The van der Waals surface area contributed by atoms with Gasteiger partial charge in [0.05, 0.1) is 40.6 Å². The van der Waals surface area contributed by atoms with E-state index in [4.69, 9.17) is 26.4 Å². The molecule has 3 N–H and O–H groups in total. The Morgan fingerprint density at radius 2 is 2.06 bits per heavy atom. The van der Waals surface area contributed by atoms with Gasteiger partial charge in [0, 0.05) is 22.1 Å². The minimum absolute atomic E-state index is 0.0875. The maximum absolute atomic E-state index is 12.4. The molecule has 0 saturated heterocycles. The lowest BCUT2D eigenvalue weighted by molar-refractivity contribution is 0.196. The molecule has 9 heteroatoms. The Bertz CT molecular complexity index is 1030. The molecular formula is C22H25ClN4O3S. The summed E-state index contributed by atoms with van der Waals surface area (Å²) >= 11 is 7.75. The molecule has 2 aromatic heterocycles. The van der Waals surface area contributed by atoms with E-state index < -0.39 is 0 Å². The van der Waals surface area contributed by atoms with Crippen LogP contribution in [0.4, 0.5) is 10.5 Å². The van der Waals surface area contributed by atoms with E-state index in [0.717, 1.165) is 21.1 Å². The largest absolute Gasteiger partial charge is 0.475 e. The number of ether oxygens (including phenoxy) is 1. The normalized spacial score (nSPS) is 11.3. The molecule has 0 atom stereocenters. The van der Waals surface area contributed by atoms with Gasteiger partial charge in [-0.15, -0.1) is 11.3 Å². The molecule has 0 aliphatic carbocycles. The average Bonchev–Trinajstić information content (AvgIpc) is 3.17. The van der Waals surface area contributed by atoms with E-state index in [9.17, 15) is 4.79 Å². The van der Waals surface area contributed by atoms with Crippen molar-refractivity contribution in [3.63, 3.8) is 0 Å². The van der Waals surface area contributed by atoms with E-state index in [1.807, 2.05) is 24.3 Å². The van der Waals surface area contributed by atoms with Crippen LogP contribution in [0.25, 0.3) is 11.3 Å². The molecule has 31 heavy (non-hydrogen) atoms. The molecule has 164 valence electrons. The van der Waals surface area contributed by atoms with Crippen molar-refractivity contribution in [2.24, 2.45) is 0 Å². The van der Waals surface area contributed by atoms with Crippen LogP contribution in [0.1, 0.15) is 30.7 Å². The van der Waals surface area contributed by atoms with Crippen LogP contribution in [0.5, 0.6) is 5.88 Å². The second-order valence-electron chi connectivity index (χ2n) is 7.82. The van der Waals surface area contributed by atoms with Crippen LogP contribution in [0.15, 0.2) is 42.6 Å². The van der Waals surface area contributed by atoms with Gasteiger partial charge < -0.3 is 20.5 Å². The zero-order valence-corrected chi connectivity index (χ0v) is 19.2. The fourth-order valence-electron chi connectivity index (χ4n) is 2.68. The highest BCUT2D eigenvalue weighted by Crippen LogP contribution is 2.35. The summed E-state index contributed by atoms with van der Waals surface area (Å²) in [6, 6.07) is 10.5. The first kappa shape index (κ1) is 23.0. The van der Waals surface area contributed by atoms with Crippen LogP contribution in [0.3, 0.4) is 0 Å². The Labute approximate surface area is 190 Å².